The van der Waals surface area contributed by atoms with E-state index in [1.54, 1.807) is 4.90 Å². The zero-order chi connectivity index (χ0) is 22.9. The predicted molar refractivity (Wildman–Crippen MR) is 118 cm³/mol. The van der Waals surface area contributed by atoms with Crippen molar-refractivity contribution < 1.29 is 19.2 Å². The normalized spacial score (nSPS) is 21.1. The molecule has 9 heteroatoms. The lowest BCUT2D eigenvalue weighted by atomic mass is 9.82. The van der Waals surface area contributed by atoms with Crippen LogP contribution in [0.5, 0.6) is 0 Å². The molecule has 5 amide bonds. The molecule has 1 spiro atoms. The van der Waals surface area contributed by atoms with Gasteiger partial charge in [-0.2, -0.15) is 5.01 Å². The van der Waals surface area contributed by atoms with Gasteiger partial charge in [0.15, 0.2) is 0 Å². The topological polar surface area (TPSA) is 102 Å². The molecule has 2 heterocycles. The van der Waals surface area contributed by atoms with E-state index in [1.165, 1.54) is 0 Å². The molecule has 9 nitrogen and oxygen atoms in total. The maximum absolute atomic E-state index is 12.8. The zero-order valence-electron chi connectivity index (χ0n) is 18.8. The van der Waals surface area contributed by atoms with E-state index in [-0.39, 0.29) is 18.4 Å². The van der Waals surface area contributed by atoms with E-state index >= 15 is 0 Å². The van der Waals surface area contributed by atoms with Crippen LogP contribution in [0.3, 0.4) is 0 Å². The molecule has 0 atom stereocenters. The second kappa shape index (κ2) is 8.90. The van der Waals surface area contributed by atoms with Crippen molar-refractivity contribution in [1.29, 1.82) is 0 Å². The number of amides is 5. The Morgan fingerprint density at radius 2 is 1.59 bits per heavy atom. The quantitative estimate of drug-likeness (QED) is 0.687. The molecular weight excluding hydrogens is 410 g/mol. The largest absolute Gasteiger partial charge is 0.344 e. The Labute approximate surface area is 188 Å². The summed E-state index contributed by atoms with van der Waals surface area (Å²) in [6, 6.07) is 5.27. The van der Waals surface area contributed by atoms with Gasteiger partial charge in [0.05, 0.1) is 6.54 Å². The lowest BCUT2D eigenvalue weighted by Gasteiger charge is -2.34. The number of benzene rings is 1. The van der Waals surface area contributed by atoms with Crippen LogP contribution in [-0.4, -0.2) is 76.8 Å². The number of carbonyl (C=O) groups is 4. The van der Waals surface area contributed by atoms with Crippen molar-refractivity contribution in [1.82, 2.24) is 25.6 Å². The van der Waals surface area contributed by atoms with Crippen molar-refractivity contribution in [2.45, 2.75) is 51.5 Å². The Hall–Kier alpha value is -2.94. The standard InChI is InChI=1S/C23H31N5O4/c1-16-12-17(2)14-18(13-16)20(30)27-10-8-26(9-11-27)15-19(29)25-28-21(31)23(24-22(28)32)6-4-3-5-7-23/h12-14H,3-11,15H2,1-2H3,(H,24,32)(H,25,29). The minimum Gasteiger partial charge on any atom is -0.336 e. The Morgan fingerprint density at radius 1 is 0.969 bits per heavy atom. The molecule has 1 saturated carbocycles. The highest BCUT2D eigenvalue weighted by Crippen LogP contribution is 2.33. The second-order valence-corrected chi connectivity index (χ2v) is 9.19. The van der Waals surface area contributed by atoms with Crippen LogP contribution in [0.2, 0.25) is 0 Å². The summed E-state index contributed by atoms with van der Waals surface area (Å²) in [5, 5.41) is 3.63. The summed E-state index contributed by atoms with van der Waals surface area (Å²) < 4.78 is 0. The lowest BCUT2D eigenvalue weighted by Crippen LogP contribution is -2.55. The highest BCUT2D eigenvalue weighted by molar-refractivity contribution is 6.08. The van der Waals surface area contributed by atoms with Crippen LogP contribution in [0.1, 0.15) is 53.6 Å². The molecule has 0 radical (unpaired) electrons. The molecule has 1 aromatic rings. The Bertz CT molecular complexity index is 912. The summed E-state index contributed by atoms with van der Waals surface area (Å²) in [6.07, 6.45) is 4.05. The number of piperazine rings is 1. The molecule has 2 N–H and O–H groups in total. The van der Waals surface area contributed by atoms with Crippen molar-refractivity contribution in [2.24, 2.45) is 0 Å². The van der Waals surface area contributed by atoms with Gasteiger partial charge in [0.25, 0.3) is 17.7 Å². The predicted octanol–water partition coefficient (Wildman–Crippen LogP) is 1.35. The molecule has 0 bridgehead atoms. The number of hydrazine groups is 1. The van der Waals surface area contributed by atoms with Gasteiger partial charge < -0.3 is 10.2 Å². The van der Waals surface area contributed by atoms with E-state index in [0.717, 1.165) is 35.4 Å². The average molecular weight is 442 g/mol. The summed E-state index contributed by atoms with van der Waals surface area (Å²) >= 11 is 0. The van der Waals surface area contributed by atoms with Gasteiger partial charge >= 0.3 is 6.03 Å². The first kappa shape index (κ1) is 22.3. The number of hydrogen-bond donors (Lipinski definition) is 2. The third-order valence-electron chi connectivity index (χ3n) is 6.60. The van der Waals surface area contributed by atoms with Crippen molar-refractivity contribution in [3.63, 3.8) is 0 Å². The second-order valence-electron chi connectivity index (χ2n) is 9.19. The molecule has 32 heavy (non-hydrogen) atoms. The van der Waals surface area contributed by atoms with Crippen LogP contribution in [0.15, 0.2) is 18.2 Å². The maximum atomic E-state index is 12.8. The van der Waals surface area contributed by atoms with Crippen molar-refractivity contribution in [3.05, 3.63) is 34.9 Å². The van der Waals surface area contributed by atoms with E-state index in [4.69, 9.17) is 0 Å². The van der Waals surface area contributed by atoms with Gasteiger partial charge in [-0.15, -0.1) is 0 Å². The van der Waals surface area contributed by atoms with Crippen molar-refractivity contribution in [3.8, 4) is 0 Å². The Balaban J connectivity index is 1.28. The maximum Gasteiger partial charge on any atom is 0.344 e. The van der Waals surface area contributed by atoms with Crippen molar-refractivity contribution >= 4 is 23.8 Å². The minimum absolute atomic E-state index is 0.00184. The molecule has 1 aromatic carbocycles. The molecular formula is C23H31N5O4. The van der Waals surface area contributed by atoms with Crippen LogP contribution in [0.4, 0.5) is 4.79 Å². The molecule has 172 valence electrons. The molecule has 3 aliphatic rings. The number of carbonyl (C=O) groups excluding carboxylic acids is 4. The van der Waals surface area contributed by atoms with Gasteiger partial charge in [0, 0.05) is 31.7 Å². The summed E-state index contributed by atoms with van der Waals surface area (Å²) in [5.41, 5.74) is 4.42. The fourth-order valence-corrected chi connectivity index (χ4v) is 4.97. The molecule has 2 saturated heterocycles. The Kier molecular flexibility index (Phi) is 6.19. The number of rotatable bonds is 4. The summed E-state index contributed by atoms with van der Waals surface area (Å²) in [4.78, 5) is 54.2. The van der Waals surface area contributed by atoms with Crippen LogP contribution < -0.4 is 10.7 Å². The number of imide groups is 1. The van der Waals surface area contributed by atoms with E-state index in [0.29, 0.717) is 44.6 Å². The molecule has 0 unspecified atom stereocenters. The summed E-state index contributed by atoms with van der Waals surface area (Å²) in [7, 11) is 0. The van der Waals surface area contributed by atoms with E-state index in [9.17, 15) is 19.2 Å². The minimum atomic E-state index is -0.858. The van der Waals surface area contributed by atoms with Crippen LogP contribution in [0.25, 0.3) is 0 Å². The summed E-state index contributed by atoms with van der Waals surface area (Å²) in [6.45, 7) is 6.15. The summed E-state index contributed by atoms with van der Waals surface area (Å²) in [5.74, 6) is -0.770. The molecule has 1 aliphatic carbocycles. The van der Waals surface area contributed by atoms with E-state index in [1.807, 2.05) is 36.9 Å². The monoisotopic (exact) mass is 441 g/mol. The molecule has 2 aliphatic heterocycles. The van der Waals surface area contributed by atoms with Gasteiger partial charge in [0.1, 0.15) is 5.54 Å². The molecule has 3 fully saturated rings. The third kappa shape index (κ3) is 4.48. The van der Waals surface area contributed by atoms with E-state index in [2.05, 4.69) is 10.7 Å². The first-order valence-corrected chi connectivity index (χ1v) is 11.3. The van der Waals surface area contributed by atoms with Gasteiger partial charge in [-0.25, -0.2) is 4.79 Å². The van der Waals surface area contributed by atoms with Crippen LogP contribution >= 0.6 is 0 Å². The van der Waals surface area contributed by atoms with Crippen LogP contribution in [-0.2, 0) is 9.59 Å². The SMILES string of the molecule is Cc1cc(C)cc(C(=O)N2CCN(CC(=O)NN3C(=O)NC4(CCCCC4)C3=O)CC2)c1. The number of nitrogens with one attached hydrogen (secondary N) is 2. The van der Waals surface area contributed by atoms with E-state index < -0.39 is 17.5 Å². The first-order chi connectivity index (χ1) is 15.3. The number of hydrogen-bond acceptors (Lipinski definition) is 5. The smallest absolute Gasteiger partial charge is 0.336 e. The highest BCUT2D eigenvalue weighted by Gasteiger charge is 2.52. The number of urea groups is 1. The van der Waals surface area contributed by atoms with Gasteiger partial charge in [0.2, 0.25) is 0 Å². The van der Waals surface area contributed by atoms with Crippen LogP contribution in [0, 0.1) is 13.8 Å². The first-order valence-electron chi connectivity index (χ1n) is 11.3. The average Bonchev–Trinajstić information content (AvgIpc) is 2.97. The lowest BCUT2D eigenvalue weighted by molar-refractivity contribution is -0.140. The van der Waals surface area contributed by atoms with Gasteiger partial charge in [-0.3, -0.25) is 24.7 Å². The van der Waals surface area contributed by atoms with Gasteiger partial charge in [-0.1, -0.05) is 36.5 Å². The van der Waals surface area contributed by atoms with Crippen molar-refractivity contribution in [2.75, 3.05) is 32.7 Å². The highest BCUT2D eigenvalue weighted by atomic mass is 16.2. The molecule has 0 aromatic heterocycles. The zero-order valence-corrected chi connectivity index (χ0v) is 18.8. The number of nitrogens with zero attached hydrogens (tertiary/aromatic N) is 3. The fraction of sp³-hybridized carbons (Fsp3) is 0.565. The third-order valence-corrected chi connectivity index (χ3v) is 6.60. The Morgan fingerprint density at radius 3 is 2.22 bits per heavy atom. The fourth-order valence-electron chi connectivity index (χ4n) is 4.97. The number of aryl methyl sites for hydroxylation is 2. The molecule has 4 rings (SSSR count). The van der Waals surface area contributed by atoms with Gasteiger partial charge in [-0.05, 0) is 38.8 Å².